The van der Waals surface area contributed by atoms with Gasteiger partial charge in [0.25, 0.3) is 0 Å². The molecule has 0 bridgehead atoms. The normalized spacial score (nSPS) is 11.9. The number of rotatable bonds is 7. The van der Waals surface area contributed by atoms with E-state index in [1.807, 2.05) is 36.4 Å². The van der Waals surface area contributed by atoms with Crippen LogP contribution in [0.1, 0.15) is 0 Å². The largest absolute Gasteiger partial charge is 0.309 e. The molecular weight excluding hydrogens is 927 g/mol. The van der Waals surface area contributed by atoms with Crippen molar-refractivity contribution in [3.05, 3.63) is 261 Å². The summed E-state index contributed by atoms with van der Waals surface area (Å²) in [6, 6.07) is 93.5. The maximum absolute atomic E-state index is 5.42. The highest BCUT2D eigenvalue weighted by molar-refractivity contribution is 6.15. The minimum Gasteiger partial charge on any atom is -0.309 e. The molecule has 5 heterocycles. The lowest BCUT2D eigenvalue weighted by Crippen LogP contribution is -2.08. The highest BCUT2D eigenvalue weighted by Gasteiger charge is 2.26. The highest BCUT2D eigenvalue weighted by Crippen LogP contribution is 2.44. The molecule has 0 aliphatic rings. The summed E-state index contributed by atoms with van der Waals surface area (Å²) in [6.07, 6.45) is 0. The Labute approximate surface area is 436 Å². The third-order valence-corrected chi connectivity index (χ3v) is 15.4. The SMILES string of the molecule is c1ccc(-c2nc(-c3ccccc3)nc(-c3cccc(-n4c5ccccc5c5cc(-n6c7ccccc7c7ccccc76)ccc54)c3-n3c4ccccc4c4cc(-n5c6ccccc6c6ccccc65)ccc43)n2)cc1. The second-order valence-corrected chi connectivity index (χ2v) is 19.6. The summed E-state index contributed by atoms with van der Waals surface area (Å²) < 4.78 is 9.71. The van der Waals surface area contributed by atoms with E-state index in [0.717, 1.165) is 83.1 Å². The predicted octanol–water partition coefficient (Wildman–Crippen LogP) is 17.3. The van der Waals surface area contributed by atoms with E-state index in [1.54, 1.807) is 0 Å². The molecule has 0 spiro atoms. The predicted molar refractivity (Wildman–Crippen MR) is 313 cm³/mol. The average Bonchev–Trinajstić information content (AvgIpc) is 4.28. The van der Waals surface area contributed by atoms with Gasteiger partial charge < -0.3 is 18.3 Å². The Bertz CT molecular complexity index is 4830. The van der Waals surface area contributed by atoms with Gasteiger partial charge in [-0.05, 0) is 84.9 Å². The molecule has 7 nitrogen and oxygen atoms in total. The maximum Gasteiger partial charge on any atom is 0.166 e. The fraction of sp³-hybridized carbons (Fsp3) is 0. The van der Waals surface area contributed by atoms with Crippen LogP contribution in [0.25, 0.3) is 144 Å². The van der Waals surface area contributed by atoms with E-state index in [0.29, 0.717) is 17.5 Å². The van der Waals surface area contributed by atoms with Crippen LogP contribution in [-0.4, -0.2) is 33.2 Å². The van der Waals surface area contributed by atoms with Crippen LogP contribution in [0.5, 0.6) is 0 Å². The molecule has 0 radical (unpaired) electrons. The van der Waals surface area contributed by atoms with E-state index in [4.69, 9.17) is 15.0 Å². The van der Waals surface area contributed by atoms with E-state index >= 15 is 0 Å². The van der Waals surface area contributed by atoms with Crippen LogP contribution in [-0.2, 0) is 0 Å². The van der Waals surface area contributed by atoms with Crippen molar-refractivity contribution in [2.75, 3.05) is 0 Å². The third-order valence-electron chi connectivity index (χ3n) is 15.4. The summed E-state index contributed by atoms with van der Waals surface area (Å²) in [4.78, 5) is 16.0. The van der Waals surface area contributed by atoms with Crippen LogP contribution in [0.15, 0.2) is 261 Å². The fourth-order valence-corrected chi connectivity index (χ4v) is 12.2. The zero-order valence-electron chi connectivity index (χ0n) is 41.0. The Kier molecular flexibility index (Phi) is 9.20. The van der Waals surface area contributed by atoms with Crippen LogP contribution in [0.4, 0.5) is 0 Å². The van der Waals surface area contributed by atoms with Crippen molar-refractivity contribution < 1.29 is 0 Å². The zero-order chi connectivity index (χ0) is 49.8. The van der Waals surface area contributed by atoms with E-state index in [-0.39, 0.29) is 0 Å². The minimum atomic E-state index is 0.576. The van der Waals surface area contributed by atoms with Gasteiger partial charge in [0.1, 0.15) is 0 Å². The van der Waals surface area contributed by atoms with Gasteiger partial charge in [-0.25, -0.2) is 15.0 Å². The van der Waals surface area contributed by atoms with Gasteiger partial charge in [0.05, 0.1) is 55.5 Å². The van der Waals surface area contributed by atoms with E-state index in [2.05, 4.69) is 243 Å². The molecule has 0 atom stereocenters. The van der Waals surface area contributed by atoms with E-state index in [9.17, 15) is 0 Å². The maximum atomic E-state index is 5.42. The van der Waals surface area contributed by atoms with Crippen molar-refractivity contribution in [2.45, 2.75) is 0 Å². The van der Waals surface area contributed by atoms with E-state index in [1.165, 1.54) is 43.6 Å². The second kappa shape index (κ2) is 16.6. The molecule has 16 aromatic rings. The third kappa shape index (κ3) is 6.26. The monoisotopic (exact) mass is 969 g/mol. The molecule has 0 aliphatic heterocycles. The standard InChI is InChI=1S/C69H43N7/c1-3-20-44(21-4-1)67-70-68(45-22-5-2-6-23-45)72-69(71-67)54-30-19-37-65(75-61-35-17-11-28-52(61)55-42-46(38-40-63(55)75)73-57-31-13-7-24-48(57)49-25-8-14-32-58(49)73)66(54)76-62-36-18-12-29-53(62)56-43-47(39-41-64(56)76)74-59-33-15-9-26-50(59)51-27-10-16-34-60(51)74/h1-43H. The first-order valence-electron chi connectivity index (χ1n) is 25.8. The molecule has 0 amide bonds. The van der Waals surface area contributed by atoms with E-state index < -0.39 is 0 Å². The fourth-order valence-electron chi connectivity index (χ4n) is 12.2. The van der Waals surface area contributed by atoms with Crippen molar-refractivity contribution in [3.63, 3.8) is 0 Å². The van der Waals surface area contributed by atoms with Gasteiger partial charge >= 0.3 is 0 Å². The van der Waals surface area contributed by atoms with Crippen molar-refractivity contribution in [1.29, 1.82) is 0 Å². The number of para-hydroxylation sites is 7. The van der Waals surface area contributed by atoms with Crippen molar-refractivity contribution in [2.24, 2.45) is 0 Å². The first-order valence-corrected chi connectivity index (χ1v) is 25.8. The quantitative estimate of drug-likeness (QED) is 0.160. The summed E-state index contributed by atoms with van der Waals surface area (Å²) >= 11 is 0. The minimum absolute atomic E-state index is 0.576. The topological polar surface area (TPSA) is 58.4 Å². The molecule has 0 unspecified atom stereocenters. The average molecular weight is 970 g/mol. The Morgan fingerprint density at radius 2 is 0.553 bits per heavy atom. The van der Waals surface area contributed by atoms with Crippen LogP contribution in [0.3, 0.4) is 0 Å². The van der Waals surface area contributed by atoms with Crippen molar-refractivity contribution >= 4 is 87.2 Å². The van der Waals surface area contributed by atoms with Crippen LogP contribution in [0, 0.1) is 0 Å². The van der Waals surface area contributed by atoms with Crippen LogP contribution in [0.2, 0.25) is 0 Å². The summed E-state index contributed by atoms with van der Waals surface area (Å²) in [5.41, 5.74) is 15.9. The molecule has 16 rings (SSSR count). The molecule has 0 fully saturated rings. The molecular formula is C69H43N7. The number of benzene rings is 11. The van der Waals surface area contributed by atoms with Gasteiger partial charge in [0.15, 0.2) is 17.5 Å². The Morgan fingerprint density at radius 1 is 0.224 bits per heavy atom. The first kappa shape index (κ1) is 42.2. The lowest BCUT2D eigenvalue weighted by molar-refractivity contribution is 1.05. The van der Waals surface area contributed by atoms with Gasteiger partial charge in [0, 0.05) is 71.2 Å². The zero-order valence-corrected chi connectivity index (χ0v) is 41.0. The molecule has 0 aliphatic carbocycles. The highest BCUT2D eigenvalue weighted by atomic mass is 15.1. The van der Waals surface area contributed by atoms with Gasteiger partial charge in [-0.1, -0.05) is 176 Å². The molecule has 76 heavy (non-hydrogen) atoms. The summed E-state index contributed by atoms with van der Waals surface area (Å²) in [5, 5.41) is 9.53. The summed E-state index contributed by atoms with van der Waals surface area (Å²) in [6.45, 7) is 0. The lowest BCUT2D eigenvalue weighted by Gasteiger charge is -2.20. The van der Waals surface area contributed by atoms with Gasteiger partial charge in [-0.2, -0.15) is 0 Å². The first-order chi connectivity index (χ1) is 37.7. The Balaban J connectivity index is 1.01. The Morgan fingerprint density at radius 3 is 0.987 bits per heavy atom. The molecule has 7 heteroatoms. The molecule has 0 saturated heterocycles. The number of fused-ring (bicyclic) bond motifs is 12. The van der Waals surface area contributed by atoms with Gasteiger partial charge in [-0.3, -0.25) is 0 Å². The summed E-state index contributed by atoms with van der Waals surface area (Å²) in [7, 11) is 0. The number of hydrogen-bond acceptors (Lipinski definition) is 3. The number of hydrogen-bond donors (Lipinski definition) is 0. The molecule has 0 N–H and O–H groups in total. The summed E-state index contributed by atoms with van der Waals surface area (Å²) in [5.74, 6) is 1.79. The molecule has 5 aromatic heterocycles. The van der Waals surface area contributed by atoms with Crippen LogP contribution < -0.4 is 0 Å². The molecule has 0 saturated carbocycles. The number of nitrogens with zero attached hydrogens (tertiary/aromatic N) is 7. The van der Waals surface area contributed by atoms with Crippen molar-refractivity contribution in [1.82, 2.24) is 33.2 Å². The number of aromatic nitrogens is 7. The second-order valence-electron chi connectivity index (χ2n) is 19.6. The van der Waals surface area contributed by atoms with Gasteiger partial charge in [-0.15, -0.1) is 0 Å². The van der Waals surface area contributed by atoms with Gasteiger partial charge in [0.2, 0.25) is 0 Å². The van der Waals surface area contributed by atoms with Crippen LogP contribution >= 0.6 is 0 Å². The smallest absolute Gasteiger partial charge is 0.166 e. The Hall–Kier alpha value is -10.4. The molecule has 354 valence electrons. The lowest BCUT2D eigenvalue weighted by atomic mass is 10.1. The molecule has 11 aromatic carbocycles. The van der Waals surface area contributed by atoms with Crippen molar-refractivity contribution in [3.8, 4) is 56.9 Å².